The fourth-order valence-corrected chi connectivity index (χ4v) is 4.71. The Hall–Kier alpha value is -1.65. The van der Waals surface area contributed by atoms with E-state index >= 15 is 0 Å². The summed E-state index contributed by atoms with van der Waals surface area (Å²) in [7, 11) is 0. The maximum Gasteiger partial charge on any atom is 0.243 e. The Bertz CT molecular complexity index is 620. The van der Waals surface area contributed by atoms with E-state index in [0.717, 1.165) is 6.42 Å². The van der Waals surface area contributed by atoms with Crippen LogP contribution in [0.2, 0.25) is 0 Å². The highest BCUT2D eigenvalue weighted by Gasteiger charge is 2.56. The largest absolute Gasteiger partial charge is 0.390 e. The Morgan fingerprint density at radius 2 is 1.96 bits per heavy atom. The number of amides is 1. The van der Waals surface area contributed by atoms with Crippen molar-refractivity contribution in [2.45, 2.75) is 31.7 Å². The van der Waals surface area contributed by atoms with Gasteiger partial charge in [-0.15, -0.1) is 0 Å². The number of nitrogens with one attached hydrogen (secondary N) is 1. The molecule has 0 aromatic rings. The summed E-state index contributed by atoms with van der Waals surface area (Å²) in [6.45, 7) is 2.71. The molecule has 1 saturated carbocycles. The summed E-state index contributed by atoms with van der Waals surface area (Å²) in [4.78, 5) is 12.0. The summed E-state index contributed by atoms with van der Waals surface area (Å²) in [6, 6.07) is 0. The second-order valence-electron chi connectivity index (χ2n) is 7.50. The molecule has 128 valence electrons. The molecule has 4 nitrogen and oxygen atoms in total. The Kier molecular flexibility index (Phi) is 4.19. The maximum absolute atomic E-state index is 12.0. The van der Waals surface area contributed by atoms with Gasteiger partial charge in [-0.2, -0.15) is 0 Å². The second kappa shape index (κ2) is 6.34. The molecule has 2 N–H and O–H groups in total. The maximum atomic E-state index is 12.0. The van der Waals surface area contributed by atoms with Gasteiger partial charge in [-0.05, 0) is 24.3 Å². The Balaban J connectivity index is 1.68. The fourth-order valence-electron chi connectivity index (χ4n) is 4.71. The first-order valence-electron chi connectivity index (χ1n) is 8.96. The molecule has 24 heavy (non-hydrogen) atoms. The van der Waals surface area contributed by atoms with E-state index in [0.29, 0.717) is 18.4 Å². The number of rotatable bonds is 0. The van der Waals surface area contributed by atoms with Gasteiger partial charge < -0.3 is 15.2 Å². The van der Waals surface area contributed by atoms with Crippen LogP contribution in [0.25, 0.3) is 0 Å². The van der Waals surface area contributed by atoms with Gasteiger partial charge in [0.2, 0.25) is 5.91 Å². The van der Waals surface area contributed by atoms with E-state index in [1.54, 1.807) is 6.08 Å². The number of hydrogen-bond acceptors (Lipinski definition) is 3. The van der Waals surface area contributed by atoms with Crippen LogP contribution in [-0.2, 0) is 9.53 Å². The minimum atomic E-state index is -0.383. The van der Waals surface area contributed by atoms with Crippen LogP contribution < -0.4 is 5.32 Å². The van der Waals surface area contributed by atoms with Crippen molar-refractivity contribution in [3.8, 4) is 0 Å². The minimum absolute atomic E-state index is 0.0131. The molecule has 1 saturated heterocycles. The lowest BCUT2D eigenvalue weighted by molar-refractivity contribution is -0.116. The first-order chi connectivity index (χ1) is 11.6. The van der Waals surface area contributed by atoms with Gasteiger partial charge in [0.25, 0.3) is 0 Å². The van der Waals surface area contributed by atoms with Crippen LogP contribution in [-0.4, -0.2) is 35.9 Å². The second-order valence-corrected chi connectivity index (χ2v) is 7.50. The van der Waals surface area contributed by atoms with Gasteiger partial charge in [0.15, 0.2) is 0 Å². The molecule has 2 aliphatic heterocycles. The predicted molar refractivity (Wildman–Crippen MR) is 92.0 cm³/mol. The van der Waals surface area contributed by atoms with Crippen LogP contribution in [0.5, 0.6) is 0 Å². The molecule has 4 rings (SSSR count). The van der Waals surface area contributed by atoms with Crippen molar-refractivity contribution in [3.63, 3.8) is 0 Å². The van der Waals surface area contributed by atoms with Crippen molar-refractivity contribution in [2.75, 3.05) is 6.54 Å². The summed E-state index contributed by atoms with van der Waals surface area (Å²) in [5.74, 6) is 1.42. The lowest BCUT2D eigenvalue weighted by Gasteiger charge is -2.32. The lowest BCUT2D eigenvalue weighted by atomic mass is 9.70. The smallest absolute Gasteiger partial charge is 0.243 e. The number of carbonyl (C=O) groups is 1. The quantitative estimate of drug-likeness (QED) is 0.669. The van der Waals surface area contributed by atoms with E-state index in [9.17, 15) is 9.90 Å². The molecule has 0 unspecified atom stereocenters. The number of aliphatic hydroxyl groups is 1. The third-order valence-electron chi connectivity index (χ3n) is 5.85. The van der Waals surface area contributed by atoms with Gasteiger partial charge in [-0.1, -0.05) is 49.5 Å². The van der Waals surface area contributed by atoms with E-state index in [1.165, 1.54) is 0 Å². The summed E-state index contributed by atoms with van der Waals surface area (Å²) >= 11 is 0. The van der Waals surface area contributed by atoms with Gasteiger partial charge in [-0.3, -0.25) is 4.79 Å². The molecule has 8 atom stereocenters. The summed E-state index contributed by atoms with van der Waals surface area (Å²) in [5, 5.41) is 13.3. The van der Waals surface area contributed by atoms with Crippen molar-refractivity contribution in [1.29, 1.82) is 0 Å². The first kappa shape index (κ1) is 15.9. The van der Waals surface area contributed by atoms with Crippen molar-refractivity contribution in [3.05, 3.63) is 48.6 Å². The SMILES string of the molecule is C[C@H]1/C=C\C=C\[C@H]2O[C@@H]3[C@@H]4[C@@H]2[C@@H](C=C[C@@H]4C[C@H]3O)/C=C/C(=O)NC1. The van der Waals surface area contributed by atoms with E-state index in [4.69, 9.17) is 4.74 Å². The van der Waals surface area contributed by atoms with Crippen LogP contribution in [0.3, 0.4) is 0 Å². The normalized spacial score (nSPS) is 50.8. The number of allylic oxidation sites excluding steroid dienone is 5. The highest BCUT2D eigenvalue weighted by molar-refractivity contribution is 5.87. The molecule has 0 radical (unpaired) electrons. The van der Waals surface area contributed by atoms with Crippen LogP contribution in [0, 0.1) is 29.6 Å². The van der Waals surface area contributed by atoms with Gasteiger partial charge in [0.1, 0.15) is 0 Å². The van der Waals surface area contributed by atoms with E-state index in [-0.39, 0.29) is 42.0 Å². The summed E-state index contributed by atoms with van der Waals surface area (Å²) in [6.07, 6.45) is 16.6. The lowest BCUT2D eigenvalue weighted by Crippen LogP contribution is -2.32. The van der Waals surface area contributed by atoms with Crippen LogP contribution in [0.1, 0.15) is 13.3 Å². The predicted octanol–water partition coefficient (Wildman–Crippen LogP) is 1.99. The van der Waals surface area contributed by atoms with Gasteiger partial charge >= 0.3 is 0 Å². The van der Waals surface area contributed by atoms with Gasteiger partial charge in [-0.25, -0.2) is 0 Å². The van der Waals surface area contributed by atoms with Crippen molar-refractivity contribution in [2.24, 2.45) is 29.6 Å². The molecule has 0 aromatic carbocycles. The molecule has 2 aliphatic carbocycles. The highest BCUT2D eigenvalue weighted by atomic mass is 16.5. The van der Waals surface area contributed by atoms with Crippen LogP contribution >= 0.6 is 0 Å². The number of ether oxygens (including phenoxy) is 1. The first-order valence-corrected chi connectivity index (χ1v) is 8.96. The van der Waals surface area contributed by atoms with Crippen LogP contribution in [0.15, 0.2) is 48.6 Å². The molecule has 0 spiro atoms. The molecular formula is C20H25NO3. The fraction of sp³-hybridized carbons (Fsp3) is 0.550. The number of aliphatic hydroxyl groups excluding tert-OH is 1. The van der Waals surface area contributed by atoms with Crippen molar-refractivity contribution >= 4 is 5.91 Å². The third-order valence-corrected chi connectivity index (χ3v) is 5.85. The van der Waals surface area contributed by atoms with Crippen molar-refractivity contribution < 1.29 is 14.6 Å². The average molecular weight is 327 g/mol. The minimum Gasteiger partial charge on any atom is -0.390 e. The zero-order chi connectivity index (χ0) is 16.7. The highest BCUT2D eigenvalue weighted by Crippen LogP contribution is 2.53. The van der Waals surface area contributed by atoms with Crippen LogP contribution in [0.4, 0.5) is 0 Å². The Labute approximate surface area is 143 Å². The van der Waals surface area contributed by atoms with Gasteiger partial charge in [0.05, 0.1) is 18.3 Å². The number of carbonyl (C=O) groups excluding carboxylic acids is 1. The van der Waals surface area contributed by atoms with E-state index < -0.39 is 0 Å². The van der Waals surface area contributed by atoms with E-state index in [1.807, 2.05) is 18.2 Å². The summed E-state index contributed by atoms with van der Waals surface area (Å²) in [5.41, 5.74) is 0. The Morgan fingerprint density at radius 3 is 2.83 bits per heavy atom. The van der Waals surface area contributed by atoms with Gasteiger partial charge in [0, 0.05) is 24.3 Å². The topological polar surface area (TPSA) is 58.6 Å². The zero-order valence-electron chi connectivity index (χ0n) is 13.9. The third kappa shape index (κ3) is 2.78. The molecule has 1 amide bonds. The zero-order valence-corrected chi connectivity index (χ0v) is 13.9. The molecule has 4 heteroatoms. The van der Waals surface area contributed by atoms with Crippen molar-refractivity contribution in [1.82, 2.24) is 5.32 Å². The average Bonchev–Trinajstić information content (AvgIpc) is 3.10. The number of hydrogen-bond donors (Lipinski definition) is 2. The standard InChI is InChI=1S/C20H25NO3/c1-12-4-2-3-5-16-18-13(8-9-17(23)21-11-12)6-7-14-10-15(22)20(24-16)19(14)18/h2-9,12-16,18-20,22H,10-11H2,1H3,(H,21,23)/b4-2-,5-3+,9-8+/t12-,13-,14+,15+,16+,18+,19-,20-/m0/s1. The molecule has 2 fully saturated rings. The molecule has 2 heterocycles. The Morgan fingerprint density at radius 1 is 1.12 bits per heavy atom. The molecular weight excluding hydrogens is 302 g/mol. The molecule has 0 aromatic heterocycles. The molecule has 4 aliphatic rings. The van der Waals surface area contributed by atoms with E-state index in [2.05, 4.69) is 36.5 Å². The summed E-state index contributed by atoms with van der Waals surface area (Å²) < 4.78 is 6.23. The molecule has 0 bridgehead atoms. The monoisotopic (exact) mass is 327 g/mol.